The second kappa shape index (κ2) is 10.0. The van der Waals surface area contributed by atoms with Crippen LogP contribution in [0.15, 0.2) is 9.98 Å². The third-order valence-electron chi connectivity index (χ3n) is 6.37. The molecule has 0 aromatic carbocycles. The van der Waals surface area contributed by atoms with Crippen molar-refractivity contribution in [2.45, 2.75) is 76.7 Å². The molecule has 2 heterocycles. The Hall–Kier alpha value is -1.46. The molecule has 2 aliphatic heterocycles. The molecule has 0 radical (unpaired) electrons. The van der Waals surface area contributed by atoms with Crippen LogP contribution in [0.3, 0.4) is 0 Å². The van der Waals surface area contributed by atoms with Gasteiger partial charge in [0.05, 0.1) is 19.1 Å². The SMILES string of the molecule is NC1=NCCN1CCCC[C@H]1CN=C(N)N1CCCCC1CCCCC1. The summed E-state index contributed by atoms with van der Waals surface area (Å²) in [6, 6.07) is 0.509. The van der Waals surface area contributed by atoms with Gasteiger partial charge in [-0.3, -0.25) is 9.98 Å². The summed E-state index contributed by atoms with van der Waals surface area (Å²) in [6.45, 7) is 4.83. The normalized spacial score (nSPS) is 24.2. The van der Waals surface area contributed by atoms with Gasteiger partial charge in [-0.2, -0.15) is 0 Å². The Morgan fingerprint density at radius 2 is 1.62 bits per heavy atom. The summed E-state index contributed by atoms with van der Waals surface area (Å²) in [4.78, 5) is 13.3. The van der Waals surface area contributed by atoms with Crippen LogP contribution in [0.4, 0.5) is 0 Å². The topological polar surface area (TPSA) is 83.2 Å². The second-order valence-electron chi connectivity index (χ2n) is 8.27. The fraction of sp³-hybridized carbons (Fsp3) is 0.900. The lowest BCUT2D eigenvalue weighted by molar-refractivity contribution is 0.289. The zero-order chi connectivity index (χ0) is 18.2. The van der Waals surface area contributed by atoms with Crippen LogP contribution in [0.25, 0.3) is 0 Å². The van der Waals surface area contributed by atoms with Crippen molar-refractivity contribution < 1.29 is 0 Å². The molecule has 0 spiro atoms. The molecule has 6 nitrogen and oxygen atoms in total. The highest BCUT2D eigenvalue weighted by atomic mass is 15.3. The molecule has 0 amide bonds. The summed E-state index contributed by atoms with van der Waals surface area (Å²) in [7, 11) is 0. The maximum absolute atomic E-state index is 6.15. The van der Waals surface area contributed by atoms with Crippen LogP contribution < -0.4 is 11.5 Å². The summed E-state index contributed by atoms with van der Waals surface area (Å²) in [6.07, 6.45) is 14.8. The van der Waals surface area contributed by atoms with Crippen molar-refractivity contribution in [3.63, 3.8) is 0 Å². The number of nitrogens with two attached hydrogens (primary N) is 2. The molecular weight excluding hydrogens is 324 g/mol. The predicted octanol–water partition coefficient (Wildman–Crippen LogP) is 2.54. The van der Waals surface area contributed by atoms with E-state index in [4.69, 9.17) is 11.5 Å². The molecule has 26 heavy (non-hydrogen) atoms. The molecular formula is C20H38N6. The third kappa shape index (κ3) is 5.52. The monoisotopic (exact) mass is 362 g/mol. The Morgan fingerprint density at radius 3 is 2.38 bits per heavy atom. The zero-order valence-corrected chi connectivity index (χ0v) is 16.4. The molecule has 0 bridgehead atoms. The summed E-state index contributed by atoms with van der Waals surface area (Å²) < 4.78 is 0. The van der Waals surface area contributed by atoms with E-state index in [-0.39, 0.29) is 0 Å². The Morgan fingerprint density at radius 1 is 0.846 bits per heavy atom. The number of hydrogen-bond acceptors (Lipinski definition) is 6. The molecule has 1 aliphatic carbocycles. The minimum Gasteiger partial charge on any atom is -0.370 e. The van der Waals surface area contributed by atoms with Gasteiger partial charge in [-0.05, 0) is 31.6 Å². The number of hydrogen-bond donors (Lipinski definition) is 2. The van der Waals surface area contributed by atoms with E-state index in [1.807, 2.05) is 0 Å². The minimum absolute atomic E-state index is 0.509. The van der Waals surface area contributed by atoms with Gasteiger partial charge in [0.15, 0.2) is 11.9 Å². The van der Waals surface area contributed by atoms with Gasteiger partial charge < -0.3 is 21.3 Å². The van der Waals surface area contributed by atoms with Gasteiger partial charge in [0.2, 0.25) is 0 Å². The summed E-state index contributed by atoms with van der Waals surface area (Å²) >= 11 is 0. The van der Waals surface area contributed by atoms with E-state index in [2.05, 4.69) is 19.8 Å². The van der Waals surface area contributed by atoms with Gasteiger partial charge in [-0.15, -0.1) is 0 Å². The maximum Gasteiger partial charge on any atom is 0.191 e. The molecule has 1 saturated carbocycles. The zero-order valence-electron chi connectivity index (χ0n) is 16.4. The summed E-state index contributed by atoms with van der Waals surface area (Å²) in [5.41, 5.74) is 12.0. The van der Waals surface area contributed by atoms with E-state index >= 15 is 0 Å². The van der Waals surface area contributed by atoms with E-state index in [9.17, 15) is 0 Å². The molecule has 4 N–H and O–H groups in total. The number of nitrogens with zero attached hydrogens (tertiary/aromatic N) is 4. The first-order valence-electron chi connectivity index (χ1n) is 10.9. The highest BCUT2D eigenvalue weighted by Gasteiger charge is 2.25. The Kier molecular flexibility index (Phi) is 7.44. The van der Waals surface area contributed by atoms with Gasteiger partial charge >= 0.3 is 0 Å². The van der Waals surface area contributed by atoms with Gasteiger partial charge in [-0.1, -0.05) is 44.9 Å². The van der Waals surface area contributed by atoms with Crippen LogP contribution in [-0.2, 0) is 0 Å². The molecule has 3 rings (SSSR count). The molecule has 3 aliphatic rings. The molecule has 0 saturated heterocycles. The minimum atomic E-state index is 0.509. The Balaban J connectivity index is 1.29. The molecule has 1 fully saturated rings. The quantitative estimate of drug-likeness (QED) is 0.585. The molecule has 6 heteroatoms. The number of unbranched alkanes of at least 4 members (excludes halogenated alkanes) is 2. The fourth-order valence-corrected chi connectivity index (χ4v) is 4.72. The Bertz CT molecular complexity index is 483. The highest BCUT2D eigenvalue weighted by molar-refractivity contribution is 5.80. The van der Waals surface area contributed by atoms with Gasteiger partial charge in [0, 0.05) is 19.6 Å². The van der Waals surface area contributed by atoms with Crippen molar-refractivity contribution in [1.82, 2.24) is 9.80 Å². The van der Waals surface area contributed by atoms with Crippen LogP contribution in [-0.4, -0.2) is 60.5 Å². The standard InChI is InChI=1S/C20H38N6/c21-19-23-12-15-25(19)13-6-5-11-18-16-24-20(22)26(18)14-7-4-10-17-8-2-1-3-9-17/h17-18H,1-16H2,(H2,21,23)(H2,22,24)/t18-/m0/s1. The third-order valence-corrected chi connectivity index (χ3v) is 6.37. The molecule has 0 aromatic heterocycles. The van der Waals surface area contributed by atoms with E-state index < -0.39 is 0 Å². The molecule has 148 valence electrons. The smallest absolute Gasteiger partial charge is 0.191 e. The number of rotatable bonds is 10. The largest absolute Gasteiger partial charge is 0.370 e. The molecule has 0 aromatic rings. The van der Waals surface area contributed by atoms with Crippen molar-refractivity contribution in [2.75, 3.05) is 32.7 Å². The predicted molar refractivity (Wildman–Crippen MR) is 109 cm³/mol. The summed E-state index contributed by atoms with van der Waals surface area (Å²) in [5.74, 6) is 2.48. The van der Waals surface area contributed by atoms with Crippen molar-refractivity contribution in [3.8, 4) is 0 Å². The van der Waals surface area contributed by atoms with Gasteiger partial charge in [0.1, 0.15) is 0 Å². The molecule has 0 unspecified atom stereocenters. The van der Waals surface area contributed by atoms with Crippen molar-refractivity contribution in [3.05, 3.63) is 0 Å². The maximum atomic E-state index is 6.15. The van der Waals surface area contributed by atoms with Gasteiger partial charge in [-0.25, -0.2) is 0 Å². The lowest BCUT2D eigenvalue weighted by atomic mass is 9.86. The molecule has 1 atom stereocenters. The van der Waals surface area contributed by atoms with Crippen molar-refractivity contribution in [1.29, 1.82) is 0 Å². The first-order chi connectivity index (χ1) is 12.7. The summed E-state index contributed by atoms with van der Waals surface area (Å²) in [5, 5.41) is 0. The first-order valence-corrected chi connectivity index (χ1v) is 10.9. The lowest BCUT2D eigenvalue weighted by Crippen LogP contribution is -2.41. The van der Waals surface area contributed by atoms with Crippen molar-refractivity contribution in [2.24, 2.45) is 27.4 Å². The second-order valence-corrected chi connectivity index (χ2v) is 8.27. The van der Waals surface area contributed by atoms with Crippen LogP contribution in [0, 0.1) is 5.92 Å². The average molecular weight is 363 g/mol. The van der Waals surface area contributed by atoms with E-state index in [1.165, 1.54) is 70.6 Å². The van der Waals surface area contributed by atoms with Crippen LogP contribution in [0.2, 0.25) is 0 Å². The fourth-order valence-electron chi connectivity index (χ4n) is 4.72. The van der Waals surface area contributed by atoms with Crippen LogP contribution >= 0.6 is 0 Å². The number of aliphatic imine (C=N–C) groups is 2. The van der Waals surface area contributed by atoms with Gasteiger partial charge in [0.25, 0.3) is 0 Å². The van der Waals surface area contributed by atoms with E-state index in [1.54, 1.807) is 0 Å². The first kappa shape index (κ1) is 19.3. The van der Waals surface area contributed by atoms with E-state index in [0.29, 0.717) is 6.04 Å². The van der Waals surface area contributed by atoms with Crippen LogP contribution in [0.5, 0.6) is 0 Å². The van der Waals surface area contributed by atoms with Crippen molar-refractivity contribution >= 4 is 11.9 Å². The highest BCUT2D eigenvalue weighted by Crippen LogP contribution is 2.28. The lowest BCUT2D eigenvalue weighted by Gasteiger charge is -2.27. The average Bonchev–Trinajstić information content (AvgIpc) is 3.22. The number of guanidine groups is 2. The van der Waals surface area contributed by atoms with E-state index in [0.717, 1.165) is 50.6 Å². The Labute approximate surface area is 159 Å². The van der Waals surface area contributed by atoms with Crippen LogP contribution in [0.1, 0.15) is 70.6 Å².